The largest absolute Gasteiger partial charge is 0.508 e. The van der Waals surface area contributed by atoms with Crippen molar-refractivity contribution in [2.75, 3.05) is 85.9 Å². The highest BCUT2D eigenvalue weighted by molar-refractivity contribution is 5.42. The number of non-ortho nitro benzene ring substituents is 1. The Balaban J connectivity index is 1.71. The molecule has 0 amide bonds. The Bertz CT molecular complexity index is 752. The minimum atomic E-state index is -0.514. The fourth-order valence-electron chi connectivity index (χ4n) is 3.99. The first-order chi connectivity index (χ1) is 20.6. The molecule has 0 heterocycles. The molecule has 0 fully saturated rings. The number of aromatic hydroxyl groups is 1. The third kappa shape index (κ3) is 23.7. The van der Waals surface area contributed by atoms with Gasteiger partial charge in [-0.2, -0.15) is 0 Å². The molecule has 1 aromatic carbocycles. The number of phenolic OH excluding ortho intramolecular Hbond substituents is 1. The van der Waals surface area contributed by atoms with Crippen LogP contribution >= 0.6 is 0 Å². The Morgan fingerprint density at radius 2 is 0.952 bits per heavy atom. The van der Waals surface area contributed by atoms with Crippen molar-refractivity contribution in [3.05, 3.63) is 33.9 Å². The SMILES string of the molecule is CCCCCCCCCCCCOCCOCCOCCOCCOCCOCCOCc1cc([N+](=O)[O-])ccc1O. The van der Waals surface area contributed by atoms with Gasteiger partial charge in [0.1, 0.15) is 5.75 Å². The topological polar surface area (TPSA) is 128 Å². The zero-order valence-corrected chi connectivity index (χ0v) is 25.8. The lowest BCUT2D eigenvalue weighted by Crippen LogP contribution is -2.14. The number of rotatable bonds is 32. The Hall–Kier alpha value is -1.86. The number of ether oxygens (including phenoxy) is 7. The van der Waals surface area contributed by atoms with E-state index in [9.17, 15) is 15.2 Å². The van der Waals surface area contributed by atoms with Crippen LogP contribution in [-0.2, 0) is 39.8 Å². The van der Waals surface area contributed by atoms with E-state index < -0.39 is 4.92 Å². The molecule has 0 radical (unpaired) electrons. The van der Waals surface area contributed by atoms with Crippen molar-refractivity contribution in [2.45, 2.75) is 77.7 Å². The maximum Gasteiger partial charge on any atom is 0.270 e. The minimum absolute atomic E-state index is 0.0383. The maximum absolute atomic E-state index is 10.8. The van der Waals surface area contributed by atoms with Crippen LogP contribution in [0.4, 0.5) is 5.69 Å². The van der Waals surface area contributed by atoms with Gasteiger partial charge in [-0.05, 0) is 12.5 Å². The number of phenols is 1. The van der Waals surface area contributed by atoms with E-state index in [1.165, 1.54) is 76.0 Å². The number of hydrogen-bond donors (Lipinski definition) is 1. The van der Waals surface area contributed by atoms with Crippen molar-refractivity contribution < 1.29 is 43.2 Å². The molecule has 0 aromatic heterocycles. The lowest BCUT2D eigenvalue weighted by atomic mass is 10.1. The predicted octanol–water partition coefficient (Wildman–Crippen LogP) is 5.84. The van der Waals surface area contributed by atoms with Gasteiger partial charge >= 0.3 is 0 Å². The van der Waals surface area contributed by atoms with E-state index in [-0.39, 0.29) is 18.0 Å². The highest BCUT2D eigenvalue weighted by atomic mass is 16.6. The number of unbranched alkanes of at least 4 members (excludes halogenated alkanes) is 9. The summed E-state index contributed by atoms with van der Waals surface area (Å²) in [7, 11) is 0. The second-order valence-corrected chi connectivity index (χ2v) is 9.98. The average Bonchev–Trinajstić information content (AvgIpc) is 2.98. The van der Waals surface area contributed by atoms with E-state index in [1.807, 2.05) is 0 Å². The Morgan fingerprint density at radius 1 is 0.571 bits per heavy atom. The summed E-state index contributed by atoms with van der Waals surface area (Å²) in [6, 6.07) is 3.83. The van der Waals surface area contributed by atoms with Crippen molar-refractivity contribution >= 4 is 5.69 Å². The zero-order valence-electron chi connectivity index (χ0n) is 25.8. The summed E-state index contributed by atoms with van der Waals surface area (Å²) in [5.41, 5.74) is 0.272. The summed E-state index contributed by atoms with van der Waals surface area (Å²) in [6.45, 7) is 8.90. The first-order valence-corrected chi connectivity index (χ1v) is 15.7. The molecule has 0 unspecified atom stereocenters. The fourth-order valence-corrected chi connectivity index (χ4v) is 3.99. The number of nitro groups is 1. The second-order valence-electron chi connectivity index (χ2n) is 9.98. The van der Waals surface area contributed by atoms with Crippen LogP contribution < -0.4 is 0 Å². The van der Waals surface area contributed by atoms with E-state index in [4.69, 9.17) is 33.2 Å². The Labute approximate surface area is 252 Å². The third-order valence-electron chi connectivity index (χ3n) is 6.41. The molecule has 1 rings (SSSR count). The molecular weight excluding hydrogens is 546 g/mol. The molecule has 0 aliphatic carbocycles. The van der Waals surface area contributed by atoms with Gasteiger partial charge in [0.05, 0.1) is 90.8 Å². The smallest absolute Gasteiger partial charge is 0.270 e. The van der Waals surface area contributed by atoms with E-state index >= 15 is 0 Å². The molecule has 0 saturated carbocycles. The molecule has 0 spiro atoms. The first-order valence-electron chi connectivity index (χ1n) is 15.7. The second kappa shape index (κ2) is 29.2. The van der Waals surface area contributed by atoms with Gasteiger partial charge in [0.2, 0.25) is 0 Å². The van der Waals surface area contributed by atoms with E-state index in [0.29, 0.717) is 84.8 Å². The maximum atomic E-state index is 10.8. The lowest BCUT2D eigenvalue weighted by molar-refractivity contribution is -0.385. The van der Waals surface area contributed by atoms with Crippen molar-refractivity contribution in [2.24, 2.45) is 0 Å². The molecule has 42 heavy (non-hydrogen) atoms. The first kappa shape index (κ1) is 38.2. The van der Waals surface area contributed by atoms with Crippen LogP contribution in [0.15, 0.2) is 18.2 Å². The van der Waals surface area contributed by atoms with Crippen LogP contribution in [0.3, 0.4) is 0 Å². The van der Waals surface area contributed by atoms with Gasteiger partial charge in [0.15, 0.2) is 0 Å². The van der Waals surface area contributed by atoms with Crippen molar-refractivity contribution in [3.63, 3.8) is 0 Å². The normalized spacial score (nSPS) is 11.4. The zero-order chi connectivity index (χ0) is 30.4. The lowest BCUT2D eigenvalue weighted by Gasteiger charge is -2.09. The summed E-state index contributed by atoms with van der Waals surface area (Å²) in [6.07, 6.45) is 13.3. The van der Waals surface area contributed by atoms with Crippen molar-refractivity contribution in [3.8, 4) is 5.75 Å². The van der Waals surface area contributed by atoms with Gasteiger partial charge in [-0.3, -0.25) is 10.1 Å². The van der Waals surface area contributed by atoms with Crippen LogP contribution in [0.1, 0.15) is 76.7 Å². The average molecular weight is 602 g/mol. The van der Waals surface area contributed by atoms with Crippen LogP contribution in [0.5, 0.6) is 5.75 Å². The van der Waals surface area contributed by atoms with Gasteiger partial charge in [-0.15, -0.1) is 0 Å². The molecule has 1 N–H and O–H groups in total. The summed E-state index contributed by atoms with van der Waals surface area (Å²) in [5.74, 6) is -0.0383. The molecule has 0 aliphatic heterocycles. The number of nitrogens with zero attached hydrogens (tertiary/aromatic N) is 1. The molecule has 11 nitrogen and oxygen atoms in total. The van der Waals surface area contributed by atoms with Gasteiger partial charge in [-0.25, -0.2) is 0 Å². The fraction of sp³-hybridized carbons (Fsp3) is 0.806. The monoisotopic (exact) mass is 601 g/mol. The van der Waals surface area contributed by atoms with E-state index in [2.05, 4.69) is 6.92 Å². The number of benzene rings is 1. The predicted molar refractivity (Wildman–Crippen MR) is 161 cm³/mol. The molecular formula is C31H55NO10. The molecule has 1 aromatic rings. The van der Waals surface area contributed by atoms with Gasteiger partial charge in [0, 0.05) is 24.3 Å². The van der Waals surface area contributed by atoms with Gasteiger partial charge in [0.25, 0.3) is 5.69 Å². The highest BCUT2D eigenvalue weighted by Gasteiger charge is 2.10. The third-order valence-corrected chi connectivity index (χ3v) is 6.41. The van der Waals surface area contributed by atoms with Gasteiger partial charge in [-0.1, -0.05) is 64.7 Å². The van der Waals surface area contributed by atoms with E-state index in [0.717, 1.165) is 13.0 Å². The molecule has 11 heteroatoms. The highest BCUT2D eigenvalue weighted by Crippen LogP contribution is 2.23. The molecule has 0 saturated heterocycles. The van der Waals surface area contributed by atoms with Crippen LogP contribution in [0.2, 0.25) is 0 Å². The quantitative estimate of drug-likeness (QED) is 0.0611. The summed E-state index contributed by atoms with van der Waals surface area (Å²) < 4.78 is 38.4. The summed E-state index contributed by atoms with van der Waals surface area (Å²) >= 11 is 0. The van der Waals surface area contributed by atoms with Crippen molar-refractivity contribution in [1.29, 1.82) is 0 Å². The molecule has 0 atom stereocenters. The summed E-state index contributed by atoms with van der Waals surface area (Å²) in [5, 5.41) is 20.6. The molecule has 0 aliphatic rings. The summed E-state index contributed by atoms with van der Waals surface area (Å²) in [4.78, 5) is 10.3. The van der Waals surface area contributed by atoms with Crippen LogP contribution in [0.25, 0.3) is 0 Å². The van der Waals surface area contributed by atoms with E-state index in [1.54, 1.807) is 0 Å². The standard InChI is InChI=1S/C31H55NO10/c1-2-3-4-5-6-7-8-9-10-11-14-36-15-16-37-17-18-38-19-20-39-21-22-40-23-24-41-25-26-42-28-29-27-30(32(34)35)12-13-31(29)33/h12-13,27,33H,2-11,14-26,28H2,1H3. The minimum Gasteiger partial charge on any atom is -0.508 e. The Kier molecular flexibility index (Phi) is 26.6. The van der Waals surface area contributed by atoms with Crippen LogP contribution in [0, 0.1) is 10.1 Å². The number of nitro benzene ring substituents is 1. The molecule has 0 bridgehead atoms. The van der Waals surface area contributed by atoms with Gasteiger partial charge < -0.3 is 38.3 Å². The Morgan fingerprint density at radius 3 is 1.38 bits per heavy atom. The van der Waals surface area contributed by atoms with Crippen LogP contribution in [-0.4, -0.2) is 95.9 Å². The molecule has 244 valence electrons. The van der Waals surface area contributed by atoms with Crippen molar-refractivity contribution in [1.82, 2.24) is 0 Å². The number of hydrogen-bond acceptors (Lipinski definition) is 10.